The molecule has 1 aliphatic heterocycles. The van der Waals surface area contributed by atoms with E-state index >= 15 is 0 Å². The third kappa shape index (κ3) is 3.56. The minimum atomic E-state index is -0.561. The molecule has 1 N–H and O–H groups in total. The van der Waals surface area contributed by atoms with E-state index in [-0.39, 0.29) is 34.7 Å². The van der Waals surface area contributed by atoms with E-state index in [9.17, 15) is 24.1 Å². The van der Waals surface area contributed by atoms with Gasteiger partial charge in [-0.05, 0) is 43.0 Å². The first-order valence-corrected chi connectivity index (χ1v) is 9.76. The van der Waals surface area contributed by atoms with Crippen molar-refractivity contribution in [2.75, 3.05) is 16.8 Å². The second kappa shape index (κ2) is 8.06. The van der Waals surface area contributed by atoms with Crippen LogP contribution in [0.4, 0.5) is 21.5 Å². The van der Waals surface area contributed by atoms with Crippen molar-refractivity contribution in [3.05, 3.63) is 76.1 Å². The van der Waals surface area contributed by atoms with Crippen molar-refractivity contribution in [1.29, 1.82) is 0 Å². The van der Waals surface area contributed by atoms with Crippen LogP contribution in [0.1, 0.15) is 18.4 Å². The van der Waals surface area contributed by atoms with Gasteiger partial charge in [-0.2, -0.15) is 0 Å². The molecule has 7 nitrogen and oxygen atoms in total. The van der Waals surface area contributed by atoms with Crippen molar-refractivity contribution in [3.8, 4) is 0 Å². The second-order valence-corrected chi connectivity index (χ2v) is 7.39. The summed E-state index contributed by atoms with van der Waals surface area (Å²) in [6.07, 6.45) is 5.14. The maximum atomic E-state index is 13.7. The van der Waals surface area contributed by atoms with Crippen LogP contribution in [0, 0.1) is 27.8 Å². The van der Waals surface area contributed by atoms with Crippen LogP contribution >= 0.6 is 0 Å². The zero-order valence-corrected chi connectivity index (χ0v) is 16.1. The molecule has 1 heterocycles. The van der Waals surface area contributed by atoms with Crippen LogP contribution in [-0.4, -0.2) is 23.3 Å². The first-order valence-electron chi connectivity index (χ1n) is 9.76. The Labute approximate surface area is 172 Å². The van der Waals surface area contributed by atoms with Gasteiger partial charge in [-0.15, -0.1) is 0 Å². The lowest BCUT2D eigenvalue weighted by Gasteiger charge is -2.16. The number of rotatable bonds is 6. The van der Waals surface area contributed by atoms with Crippen LogP contribution < -0.4 is 10.2 Å². The maximum Gasteiger partial charge on any atom is 0.294 e. The average molecular weight is 409 g/mol. The van der Waals surface area contributed by atoms with Crippen molar-refractivity contribution in [2.24, 2.45) is 11.8 Å². The quantitative estimate of drug-likeness (QED) is 0.339. The largest absolute Gasteiger partial charge is 0.379 e. The first kappa shape index (κ1) is 19.8. The fourth-order valence-electron chi connectivity index (χ4n) is 4.05. The molecule has 0 spiro atoms. The van der Waals surface area contributed by atoms with Crippen LogP contribution in [-0.2, 0) is 16.0 Å². The number of carbonyl (C=O) groups is 2. The number of anilines is 2. The molecule has 2 aromatic carbocycles. The Morgan fingerprint density at radius 3 is 2.37 bits per heavy atom. The van der Waals surface area contributed by atoms with Crippen molar-refractivity contribution in [1.82, 2.24) is 0 Å². The predicted molar refractivity (Wildman–Crippen MR) is 110 cm³/mol. The zero-order valence-electron chi connectivity index (χ0n) is 16.1. The fourth-order valence-corrected chi connectivity index (χ4v) is 4.05. The summed E-state index contributed by atoms with van der Waals surface area (Å²) >= 11 is 0. The third-order valence-electron chi connectivity index (χ3n) is 5.61. The summed E-state index contributed by atoms with van der Waals surface area (Å²) < 4.78 is 13.7. The number of nitrogens with one attached hydrogen (secondary N) is 1. The standard InChI is InChI=1S/C22H20FN3O4/c23-18-8-4-1-5-14(18)11-12-24-19-10-9-15(13-20(19)26(29)30)25-21(27)16-6-2-3-7-17(16)22(25)28/h1-5,8-10,13,16-17,24H,6-7,11-12H2. The number of fused-ring (bicyclic) bond motifs is 1. The second-order valence-electron chi connectivity index (χ2n) is 7.39. The lowest BCUT2D eigenvalue weighted by molar-refractivity contribution is -0.383. The van der Waals surface area contributed by atoms with Gasteiger partial charge < -0.3 is 5.32 Å². The lowest BCUT2D eigenvalue weighted by atomic mass is 9.85. The van der Waals surface area contributed by atoms with Crippen LogP contribution in [0.2, 0.25) is 0 Å². The van der Waals surface area contributed by atoms with Gasteiger partial charge in [0, 0.05) is 12.6 Å². The van der Waals surface area contributed by atoms with Gasteiger partial charge in [-0.1, -0.05) is 30.4 Å². The van der Waals surface area contributed by atoms with Gasteiger partial charge in [0.2, 0.25) is 11.8 Å². The molecule has 0 radical (unpaired) electrons. The molecule has 1 aliphatic carbocycles. The van der Waals surface area contributed by atoms with Crippen LogP contribution in [0.3, 0.4) is 0 Å². The molecule has 0 saturated carbocycles. The Bertz CT molecular complexity index is 1030. The average Bonchev–Trinajstić information content (AvgIpc) is 3.00. The molecule has 1 saturated heterocycles. The molecule has 2 amide bonds. The van der Waals surface area contributed by atoms with Crippen LogP contribution in [0.15, 0.2) is 54.6 Å². The van der Waals surface area contributed by atoms with Gasteiger partial charge in [0.1, 0.15) is 11.5 Å². The molecule has 4 rings (SSSR count). The Morgan fingerprint density at radius 1 is 1.07 bits per heavy atom. The predicted octanol–water partition coefficient (Wildman–Crippen LogP) is 3.84. The van der Waals surface area contributed by atoms with E-state index < -0.39 is 16.8 Å². The van der Waals surface area contributed by atoms with Crippen molar-refractivity contribution in [2.45, 2.75) is 19.3 Å². The normalized spacial score (nSPS) is 20.4. The summed E-state index contributed by atoms with van der Waals surface area (Å²) in [5.74, 6) is -1.76. The van der Waals surface area contributed by atoms with E-state index in [1.807, 2.05) is 12.2 Å². The fraction of sp³-hybridized carbons (Fsp3) is 0.273. The van der Waals surface area contributed by atoms with E-state index in [1.165, 1.54) is 24.3 Å². The monoisotopic (exact) mass is 409 g/mol. The molecule has 154 valence electrons. The van der Waals surface area contributed by atoms with Gasteiger partial charge in [-0.3, -0.25) is 19.7 Å². The highest BCUT2D eigenvalue weighted by Gasteiger charge is 2.48. The number of allylic oxidation sites excluding steroid dienone is 2. The van der Waals surface area contributed by atoms with Gasteiger partial charge >= 0.3 is 0 Å². The van der Waals surface area contributed by atoms with Gasteiger partial charge in [-0.25, -0.2) is 9.29 Å². The summed E-state index contributed by atoms with van der Waals surface area (Å²) in [6, 6.07) is 10.6. The smallest absolute Gasteiger partial charge is 0.294 e. The topological polar surface area (TPSA) is 92.6 Å². The molecular formula is C22H20FN3O4. The Balaban J connectivity index is 1.54. The molecule has 8 heteroatoms. The maximum absolute atomic E-state index is 13.7. The minimum absolute atomic E-state index is 0.200. The highest BCUT2D eigenvalue weighted by atomic mass is 19.1. The third-order valence-corrected chi connectivity index (χ3v) is 5.61. The van der Waals surface area contributed by atoms with Crippen LogP contribution in [0.5, 0.6) is 0 Å². The molecule has 1 fully saturated rings. The molecule has 0 aromatic heterocycles. The summed E-state index contributed by atoms with van der Waals surface area (Å²) in [5, 5.41) is 14.6. The number of hydrogen-bond donors (Lipinski definition) is 1. The number of halogens is 1. The lowest BCUT2D eigenvalue weighted by Crippen LogP contribution is -2.30. The molecule has 2 unspecified atom stereocenters. The number of carbonyl (C=O) groups excluding carboxylic acids is 2. The number of imide groups is 1. The van der Waals surface area contributed by atoms with Crippen molar-refractivity contribution in [3.63, 3.8) is 0 Å². The summed E-state index contributed by atoms with van der Waals surface area (Å²) in [5.41, 5.74) is 0.715. The Morgan fingerprint density at radius 2 is 1.73 bits per heavy atom. The Kier molecular flexibility index (Phi) is 5.31. The molecular weight excluding hydrogens is 389 g/mol. The van der Waals surface area contributed by atoms with E-state index in [0.29, 0.717) is 31.4 Å². The minimum Gasteiger partial charge on any atom is -0.379 e. The molecule has 0 bridgehead atoms. The van der Waals surface area contributed by atoms with E-state index in [4.69, 9.17) is 0 Å². The van der Waals surface area contributed by atoms with Crippen molar-refractivity contribution >= 4 is 28.9 Å². The summed E-state index contributed by atoms with van der Waals surface area (Å²) in [4.78, 5) is 37.6. The molecule has 2 atom stereocenters. The SMILES string of the molecule is O=C1C2CC=CCC2C(=O)N1c1ccc(NCCc2ccccc2F)c([N+](=O)[O-])c1. The van der Waals surface area contributed by atoms with Crippen molar-refractivity contribution < 1.29 is 18.9 Å². The van der Waals surface area contributed by atoms with Gasteiger partial charge in [0.25, 0.3) is 5.69 Å². The number of benzene rings is 2. The van der Waals surface area contributed by atoms with Crippen LogP contribution in [0.25, 0.3) is 0 Å². The molecule has 30 heavy (non-hydrogen) atoms. The highest BCUT2D eigenvalue weighted by Crippen LogP contribution is 2.39. The van der Waals surface area contributed by atoms with Gasteiger partial charge in [0.05, 0.1) is 22.4 Å². The van der Waals surface area contributed by atoms with E-state index in [0.717, 1.165) is 4.90 Å². The number of hydrogen-bond acceptors (Lipinski definition) is 5. The Hall–Kier alpha value is -3.55. The highest BCUT2D eigenvalue weighted by molar-refractivity contribution is 6.22. The summed E-state index contributed by atoms with van der Waals surface area (Å²) in [6.45, 7) is 0.290. The number of nitrogens with zero attached hydrogens (tertiary/aromatic N) is 2. The van der Waals surface area contributed by atoms with E-state index in [1.54, 1.807) is 18.2 Å². The number of nitro benzene ring substituents is 1. The van der Waals surface area contributed by atoms with Gasteiger partial charge in [0.15, 0.2) is 0 Å². The van der Waals surface area contributed by atoms with E-state index in [2.05, 4.69) is 5.32 Å². The first-order chi connectivity index (χ1) is 14.5. The molecule has 2 aromatic rings. The molecule has 2 aliphatic rings. The zero-order chi connectivity index (χ0) is 21.3. The number of amides is 2. The summed E-state index contributed by atoms with van der Waals surface area (Å²) in [7, 11) is 0. The number of nitro groups is 1.